The minimum atomic E-state index is -0.138. The lowest BCUT2D eigenvalue weighted by atomic mass is 10.2. The summed E-state index contributed by atoms with van der Waals surface area (Å²) in [6.07, 6.45) is 0.785. The third-order valence-corrected chi connectivity index (χ3v) is 3.54. The first-order valence-corrected chi connectivity index (χ1v) is 7.25. The van der Waals surface area contributed by atoms with Gasteiger partial charge in [-0.2, -0.15) is 11.8 Å². The lowest BCUT2D eigenvalue weighted by Gasteiger charge is -2.08. The zero-order valence-electron chi connectivity index (χ0n) is 11.0. The Hall–Kier alpha value is -1.40. The quantitative estimate of drug-likeness (QED) is 0.492. The van der Waals surface area contributed by atoms with Gasteiger partial charge in [-0.3, -0.25) is 4.79 Å². The van der Waals surface area contributed by atoms with E-state index in [9.17, 15) is 4.79 Å². The number of hydrogen-bond acceptors (Lipinski definition) is 5. The van der Waals surface area contributed by atoms with Gasteiger partial charge in [-0.25, -0.2) is 0 Å². The fourth-order valence-corrected chi connectivity index (χ4v) is 2.24. The number of nitrogens with two attached hydrogens (primary N) is 1. The summed E-state index contributed by atoms with van der Waals surface area (Å²) in [5, 5.41) is 11.5. The van der Waals surface area contributed by atoms with Gasteiger partial charge in [0.15, 0.2) is 0 Å². The first-order valence-electron chi connectivity index (χ1n) is 6.09. The second-order valence-electron chi connectivity index (χ2n) is 3.90. The summed E-state index contributed by atoms with van der Waals surface area (Å²) >= 11 is 1.71. The Bertz CT molecular complexity index is 413. The van der Waals surface area contributed by atoms with Crippen LogP contribution in [0.25, 0.3) is 0 Å². The number of hydrogen-bond donors (Lipinski definition) is 3. The molecule has 0 aromatic heterocycles. The fraction of sp³-hybridized carbons (Fsp3) is 0.462. The molecule has 0 bridgehead atoms. The number of anilines is 1. The smallest absolute Gasteiger partial charge is 0.251 e. The summed E-state index contributed by atoms with van der Waals surface area (Å²) < 4.78 is 5.07. The first-order chi connectivity index (χ1) is 9.19. The molecule has 6 heteroatoms. The van der Waals surface area contributed by atoms with E-state index in [1.54, 1.807) is 30.0 Å². The molecule has 1 rings (SSSR count). The van der Waals surface area contributed by atoms with Crippen molar-refractivity contribution < 1.29 is 14.6 Å². The minimum Gasteiger partial charge on any atom is -0.495 e. The van der Waals surface area contributed by atoms with Crippen LogP contribution in [0.3, 0.4) is 0 Å². The van der Waals surface area contributed by atoms with E-state index in [4.69, 9.17) is 15.6 Å². The van der Waals surface area contributed by atoms with Gasteiger partial charge >= 0.3 is 0 Å². The summed E-state index contributed by atoms with van der Waals surface area (Å²) in [5.41, 5.74) is 6.73. The van der Waals surface area contributed by atoms with Crippen LogP contribution in [0.1, 0.15) is 16.8 Å². The summed E-state index contributed by atoms with van der Waals surface area (Å²) in [5.74, 6) is 2.10. The van der Waals surface area contributed by atoms with E-state index in [-0.39, 0.29) is 12.5 Å². The molecule has 0 saturated heterocycles. The van der Waals surface area contributed by atoms with Crippen LogP contribution < -0.4 is 15.8 Å². The van der Waals surface area contributed by atoms with Gasteiger partial charge < -0.3 is 20.9 Å². The van der Waals surface area contributed by atoms with E-state index >= 15 is 0 Å². The minimum absolute atomic E-state index is 0.138. The molecule has 0 atom stereocenters. The molecule has 0 saturated carbocycles. The number of thioether (sulfide) groups is 1. The molecular weight excluding hydrogens is 264 g/mol. The highest BCUT2D eigenvalue weighted by Gasteiger charge is 2.08. The van der Waals surface area contributed by atoms with E-state index in [0.29, 0.717) is 23.5 Å². The fourth-order valence-electron chi connectivity index (χ4n) is 1.46. The van der Waals surface area contributed by atoms with Crippen LogP contribution >= 0.6 is 11.8 Å². The number of rotatable bonds is 8. The number of amides is 1. The standard InChI is InChI=1S/C13H20N2O3S/c1-18-12-9-10(3-4-11(12)14)13(17)15-5-8-19-7-2-6-16/h3-4,9,16H,2,5-8,14H2,1H3,(H,15,17). The van der Waals surface area contributed by atoms with E-state index in [1.165, 1.54) is 7.11 Å². The average molecular weight is 284 g/mol. The molecule has 0 radical (unpaired) electrons. The molecule has 1 amide bonds. The number of ether oxygens (including phenoxy) is 1. The topological polar surface area (TPSA) is 84.6 Å². The number of aliphatic hydroxyl groups excluding tert-OH is 1. The van der Waals surface area contributed by atoms with Gasteiger partial charge in [-0.15, -0.1) is 0 Å². The van der Waals surface area contributed by atoms with Gasteiger partial charge in [0.1, 0.15) is 5.75 Å². The van der Waals surface area contributed by atoms with E-state index < -0.39 is 0 Å². The Morgan fingerprint density at radius 3 is 2.95 bits per heavy atom. The number of methoxy groups -OCH3 is 1. The average Bonchev–Trinajstić information content (AvgIpc) is 2.43. The highest BCUT2D eigenvalue weighted by atomic mass is 32.2. The van der Waals surface area contributed by atoms with Crippen molar-refractivity contribution in [1.29, 1.82) is 0 Å². The van der Waals surface area contributed by atoms with Gasteiger partial charge in [0.25, 0.3) is 5.91 Å². The molecule has 19 heavy (non-hydrogen) atoms. The molecule has 1 aromatic rings. The summed E-state index contributed by atoms with van der Waals surface area (Å²) in [4.78, 5) is 11.9. The maximum Gasteiger partial charge on any atom is 0.251 e. The Morgan fingerprint density at radius 2 is 2.26 bits per heavy atom. The van der Waals surface area contributed by atoms with Gasteiger partial charge in [-0.1, -0.05) is 0 Å². The first kappa shape index (κ1) is 15.7. The van der Waals surface area contributed by atoms with Crippen molar-refractivity contribution in [1.82, 2.24) is 5.32 Å². The van der Waals surface area contributed by atoms with Crippen molar-refractivity contribution in [2.45, 2.75) is 6.42 Å². The Balaban J connectivity index is 2.37. The van der Waals surface area contributed by atoms with Crippen LogP contribution in [0.15, 0.2) is 18.2 Å². The van der Waals surface area contributed by atoms with Crippen molar-refractivity contribution in [3.05, 3.63) is 23.8 Å². The number of aliphatic hydroxyl groups is 1. The number of carbonyl (C=O) groups excluding carboxylic acids is 1. The van der Waals surface area contributed by atoms with Gasteiger partial charge in [0.2, 0.25) is 0 Å². The Morgan fingerprint density at radius 1 is 1.47 bits per heavy atom. The summed E-state index contributed by atoms with van der Waals surface area (Å²) in [7, 11) is 1.52. The van der Waals surface area contributed by atoms with Gasteiger partial charge in [0.05, 0.1) is 12.8 Å². The molecular formula is C13H20N2O3S. The molecule has 0 unspecified atom stereocenters. The molecule has 0 aliphatic heterocycles. The predicted octanol–water partition coefficient (Wildman–Crippen LogP) is 1.12. The molecule has 0 heterocycles. The van der Waals surface area contributed by atoms with Crippen molar-refractivity contribution in [2.24, 2.45) is 0 Å². The van der Waals surface area contributed by atoms with Crippen LogP contribution in [0.4, 0.5) is 5.69 Å². The predicted molar refractivity (Wildman–Crippen MR) is 78.8 cm³/mol. The SMILES string of the molecule is COc1cc(C(=O)NCCSCCCO)ccc1N. The highest BCUT2D eigenvalue weighted by molar-refractivity contribution is 7.99. The Kier molecular flexibility index (Phi) is 7.14. The van der Waals surface area contributed by atoms with Crippen LogP contribution in [0.2, 0.25) is 0 Å². The lowest BCUT2D eigenvalue weighted by Crippen LogP contribution is -2.25. The zero-order chi connectivity index (χ0) is 14.1. The lowest BCUT2D eigenvalue weighted by molar-refractivity contribution is 0.0956. The van der Waals surface area contributed by atoms with Crippen LogP contribution in [-0.4, -0.2) is 42.8 Å². The second-order valence-corrected chi connectivity index (χ2v) is 5.13. The normalized spacial score (nSPS) is 10.2. The van der Waals surface area contributed by atoms with Crippen molar-refractivity contribution in [3.63, 3.8) is 0 Å². The van der Waals surface area contributed by atoms with Crippen molar-refractivity contribution in [2.75, 3.05) is 37.5 Å². The summed E-state index contributed by atoms with van der Waals surface area (Å²) in [6.45, 7) is 0.812. The van der Waals surface area contributed by atoms with Crippen molar-refractivity contribution in [3.8, 4) is 5.75 Å². The number of carbonyl (C=O) groups is 1. The zero-order valence-corrected chi connectivity index (χ0v) is 11.8. The molecule has 0 aliphatic carbocycles. The van der Waals surface area contributed by atoms with E-state index in [0.717, 1.165) is 17.9 Å². The van der Waals surface area contributed by atoms with Gasteiger partial charge in [0, 0.05) is 24.5 Å². The maximum absolute atomic E-state index is 11.9. The third-order valence-electron chi connectivity index (χ3n) is 2.47. The highest BCUT2D eigenvalue weighted by Crippen LogP contribution is 2.21. The van der Waals surface area contributed by atoms with E-state index in [1.807, 2.05) is 0 Å². The van der Waals surface area contributed by atoms with Crippen molar-refractivity contribution >= 4 is 23.4 Å². The molecule has 106 valence electrons. The van der Waals surface area contributed by atoms with Crippen LogP contribution in [0.5, 0.6) is 5.75 Å². The molecule has 5 nitrogen and oxygen atoms in total. The molecule has 0 aliphatic rings. The maximum atomic E-state index is 11.9. The van der Waals surface area contributed by atoms with Crippen LogP contribution in [0, 0.1) is 0 Å². The van der Waals surface area contributed by atoms with Crippen LogP contribution in [-0.2, 0) is 0 Å². The van der Waals surface area contributed by atoms with E-state index in [2.05, 4.69) is 5.32 Å². The number of benzene rings is 1. The van der Waals surface area contributed by atoms with Gasteiger partial charge in [-0.05, 0) is 30.4 Å². The molecule has 1 aromatic carbocycles. The largest absolute Gasteiger partial charge is 0.495 e. The molecule has 0 fully saturated rings. The Labute approximate surface area is 117 Å². The second kappa shape index (κ2) is 8.66. The number of nitrogens with one attached hydrogen (secondary N) is 1. The monoisotopic (exact) mass is 284 g/mol. The number of nitrogen functional groups attached to an aromatic ring is 1. The molecule has 0 spiro atoms. The molecule has 4 N–H and O–H groups in total. The third kappa shape index (κ3) is 5.40. The summed E-state index contributed by atoms with van der Waals surface area (Å²) in [6, 6.07) is 4.96.